The van der Waals surface area contributed by atoms with Gasteiger partial charge in [-0.25, -0.2) is 13.8 Å². The third-order valence-electron chi connectivity index (χ3n) is 5.04. The molecule has 5 rings (SSSR count). The molecule has 0 radical (unpaired) electrons. The molecule has 0 atom stereocenters. The van der Waals surface area contributed by atoms with Gasteiger partial charge in [-0.1, -0.05) is 0 Å². The number of ether oxygens (including phenoxy) is 2. The second-order valence-electron chi connectivity index (χ2n) is 7.31. The van der Waals surface area contributed by atoms with Gasteiger partial charge < -0.3 is 19.8 Å². The van der Waals surface area contributed by atoms with Gasteiger partial charge in [-0.15, -0.1) is 0 Å². The molecule has 0 saturated heterocycles. The molecule has 0 amide bonds. The molecule has 33 heavy (non-hydrogen) atoms. The maximum atomic E-state index is 13.6. The Kier molecular flexibility index (Phi) is 5.59. The molecule has 0 aliphatic carbocycles. The van der Waals surface area contributed by atoms with E-state index in [1.54, 1.807) is 24.4 Å². The summed E-state index contributed by atoms with van der Waals surface area (Å²) in [6.07, 6.45) is 3.51. The molecule has 0 aliphatic rings. The Balaban J connectivity index is 1.28. The SMILES string of the molecule is FCc1cc(Nc2ccc(Oc3ccnc4[nH]ccc34)cc2)ccc1Oc1ccc(F)cc1. The van der Waals surface area contributed by atoms with E-state index >= 15 is 0 Å². The van der Waals surface area contributed by atoms with Crippen molar-refractivity contribution in [1.82, 2.24) is 9.97 Å². The normalized spacial score (nSPS) is 10.8. The number of hydrogen-bond acceptors (Lipinski definition) is 4. The lowest BCUT2D eigenvalue weighted by atomic mass is 10.2. The summed E-state index contributed by atoms with van der Waals surface area (Å²) in [7, 11) is 0. The van der Waals surface area contributed by atoms with Gasteiger partial charge in [-0.3, -0.25) is 0 Å². The number of halogens is 2. The van der Waals surface area contributed by atoms with E-state index < -0.39 is 6.67 Å². The van der Waals surface area contributed by atoms with E-state index in [-0.39, 0.29) is 5.82 Å². The first-order valence-electron chi connectivity index (χ1n) is 10.3. The van der Waals surface area contributed by atoms with E-state index in [1.165, 1.54) is 24.3 Å². The Labute approximate surface area is 188 Å². The minimum Gasteiger partial charge on any atom is -0.457 e. The number of rotatable bonds is 7. The molecule has 5 nitrogen and oxygen atoms in total. The second-order valence-corrected chi connectivity index (χ2v) is 7.31. The fraction of sp³-hybridized carbons (Fsp3) is 0.0385. The minimum atomic E-state index is -0.696. The number of nitrogens with one attached hydrogen (secondary N) is 2. The van der Waals surface area contributed by atoms with Crippen LogP contribution < -0.4 is 14.8 Å². The predicted molar refractivity (Wildman–Crippen MR) is 124 cm³/mol. The molecule has 0 unspecified atom stereocenters. The molecule has 2 aromatic heterocycles. The van der Waals surface area contributed by atoms with Gasteiger partial charge in [0.2, 0.25) is 0 Å². The van der Waals surface area contributed by atoms with E-state index in [9.17, 15) is 8.78 Å². The first-order valence-corrected chi connectivity index (χ1v) is 10.3. The Morgan fingerprint density at radius 2 is 1.48 bits per heavy atom. The van der Waals surface area contributed by atoms with Gasteiger partial charge in [0.25, 0.3) is 0 Å². The van der Waals surface area contributed by atoms with Gasteiger partial charge in [0.15, 0.2) is 0 Å². The van der Waals surface area contributed by atoms with Gasteiger partial charge in [0, 0.05) is 29.3 Å². The molecule has 5 aromatic rings. The van der Waals surface area contributed by atoms with Crippen LogP contribution in [0.2, 0.25) is 0 Å². The van der Waals surface area contributed by atoms with Crippen LogP contribution in [0.5, 0.6) is 23.0 Å². The number of fused-ring (bicyclic) bond motifs is 1. The average molecular weight is 443 g/mol. The summed E-state index contributed by atoms with van der Waals surface area (Å²) < 4.78 is 38.4. The van der Waals surface area contributed by atoms with Crippen molar-refractivity contribution in [2.45, 2.75) is 6.67 Å². The van der Waals surface area contributed by atoms with Crippen molar-refractivity contribution in [2.24, 2.45) is 0 Å². The van der Waals surface area contributed by atoms with Crippen LogP contribution in [-0.2, 0) is 6.67 Å². The molecule has 0 fully saturated rings. The average Bonchev–Trinajstić information content (AvgIpc) is 3.33. The summed E-state index contributed by atoms with van der Waals surface area (Å²) in [5.74, 6) is 1.86. The first kappa shape index (κ1) is 20.5. The number of pyridine rings is 1. The fourth-order valence-electron chi connectivity index (χ4n) is 3.42. The molecule has 164 valence electrons. The van der Waals surface area contributed by atoms with Crippen LogP contribution in [0.25, 0.3) is 11.0 Å². The molecular formula is C26H19F2N3O2. The highest BCUT2D eigenvalue weighted by Gasteiger charge is 2.09. The number of H-pyrrole nitrogens is 1. The van der Waals surface area contributed by atoms with Gasteiger partial charge in [0.1, 0.15) is 41.1 Å². The zero-order valence-electron chi connectivity index (χ0n) is 17.4. The summed E-state index contributed by atoms with van der Waals surface area (Å²) >= 11 is 0. The predicted octanol–water partition coefficient (Wildman–Crippen LogP) is 7.50. The Morgan fingerprint density at radius 3 is 2.24 bits per heavy atom. The van der Waals surface area contributed by atoms with Crippen LogP contribution in [0.1, 0.15) is 5.56 Å². The van der Waals surface area contributed by atoms with E-state index in [0.717, 1.165) is 16.7 Å². The molecule has 0 aliphatic heterocycles. The summed E-state index contributed by atoms with van der Waals surface area (Å²) in [5, 5.41) is 4.16. The first-order chi connectivity index (χ1) is 16.2. The number of anilines is 2. The zero-order valence-corrected chi connectivity index (χ0v) is 17.4. The van der Waals surface area contributed by atoms with E-state index in [2.05, 4.69) is 15.3 Å². The van der Waals surface area contributed by atoms with Crippen LogP contribution >= 0.6 is 0 Å². The maximum Gasteiger partial charge on any atom is 0.140 e. The highest BCUT2D eigenvalue weighted by Crippen LogP contribution is 2.32. The quantitative estimate of drug-likeness (QED) is 0.273. The number of hydrogen-bond donors (Lipinski definition) is 2. The van der Waals surface area contributed by atoms with Crippen molar-refractivity contribution in [3.63, 3.8) is 0 Å². The van der Waals surface area contributed by atoms with Gasteiger partial charge in [-0.2, -0.15) is 0 Å². The summed E-state index contributed by atoms with van der Waals surface area (Å²) in [6.45, 7) is -0.696. The largest absolute Gasteiger partial charge is 0.457 e. The molecular weight excluding hydrogens is 424 g/mol. The fourth-order valence-corrected chi connectivity index (χ4v) is 3.42. The van der Waals surface area contributed by atoms with Crippen molar-refractivity contribution in [2.75, 3.05) is 5.32 Å². The molecule has 2 heterocycles. The molecule has 2 N–H and O–H groups in total. The zero-order chi connectivity index (χ0) is 22.6. The summed E-state index contributed by atoms with van der Waals surface area (Å²) in [5.41, 5.74) is 2.69. The second kappa shape index (κ2) is 9.00. The smallest absolute Gasteiger partial charge is 0.140 e. The Bertz CT molecular complexity index is 1380. The highest BCUT2D eigenvalue weighted by molar-refractivity contribution is 5.82. The maximum absolute atomic E-state index is 13.6. The van der Waals surface area contributed by atoms with E-state index in [1.807, 2.05) is 42.6 Å². The van der Waals surface area contributed by atoms with Crippen molar-refractivity contribution in [1.29, 1.82) is 0 Å². The molecule has 0 saturated carbocycles. The van der Waals surface area contributed by atoms with E-state index in [0.29, 0.717) is 34.2 Å². The number of benzene rings is 3. The van der Waals surface area contributed by atoms with Crippen molar-refractivity contribution < 1.29 is 18.3 Å². The third-order valence-corrected chi connectivity index (χ3v) is 5.04. The van der Waals surface area contributed by atoms with Gasteiger partial charge in [0.05, 0.1) is 5.39 Å². The highest BCUT2D eigenvalue weighted by atomic mass is 19.1. The number of aromatic nitrogens is 2. The lowest BCUT2D eigenvalue weighted by Crippen LogP contribution is -1.95. The van der Waals surface area contributed by atoms with Crippen molar-refractivity contribution >= 4 is 22.4 Å². The standard InChI is InChI=1S/C26H19F2N3O2/c27-16-17-15-20(5-10-24(17)32-21-6-1-18(28)2-7-21)31-19-3-8-22(9-4-19)33-25-12-14-30-26-23(25)11-13-29-26/h1-15,31H,16H2,(H,29,30). The van der Waals surface area contributed by atoms with E-state index in [4.69, 9.17) is 9.47 Å². The molecule has 3 aromatic carbocycles. The Hall–Kier alpha value is -4.39. The number of aromatic amines is 1. The topological polar surface area (TPSA) is 59.2 Å². The molecule has 0 spiro atoms. The third kappa shape index (κ3) is 4.62. The lowest BCUT2D eigenvalue weighted by molar-refractivity contribution is 0.439. The van der Waals surface area contributed by atoms with Crippen LogP contribution in [0, 0.1) is 5.82 Å². The van der Waals surface area contributed by atoms with Crippen LogP contribution in [0.15, 0.2) is 91.3 Å². The minimum absolute atomic E-state index is 0.359. The van der Waals surface area contributed by atoms with Crippen molar-refractivity contribution in [3.05, 3.63) is 103 Å². The molecule has 7 heteroatoms. The van der Waals surface area contributed by atoms with Crippen molar-refractivity contribution in [3.8, 4) is 23.0 Å². The van der Waals surface area contributed by atoms with Crippen LogP contribution in [0.3, 0.4) is 0 Å². The van der Waals surface area contributed by atoms with Crippen LogP contribution in [-0.4, -0.2) is 9.97 Å². The molecule has 0 bridgehead atoms. The van der Waals surface area contributed by atoms with Gasteiger partial charge in [-0.05, 0) is 78.9 Å². The number of nitrogens with zero attached hydrogens (tertiary/aromatic N) is 1. The van der Waals surface area contributed by atoms with Crippen LogP contribution in [0.4, 0.5) is 20.2 Å². The monoisotopic (exact) mass is 443 g/mol. The van der Waals surface area contributed by atoms with Gasteiger partial charge >= 0.3 is 0 Å². The number of alkyl halides is 1. The summed E-state index contributed by atoms with van der Waals surface area (Å²) in [4.78, 5) is 7.31. The lowest BCUT2D eigenvalue weighted by Gasteiger charge is -2.13. The summed E-state index contributed by atoms with van der Waals surface area (Å²) in [6, 6.07) is 21.9. The Morgan fingerprint density at radius 1 is 0.788 bits per heavy atom.